The van der Waals surface area contributed by atoms with Crippen LogP contribution in [0.4, 0.5) is 0 Å². The molecule has 84 valence electrons. The van der Waals surface area contributed by atoms with Crippen molar-refractivity contribution in [3.8, 4) is 0 Å². The van der Waals surface area contributed by atoms with Gasteiger partial charge < -0.3 is 16.2 Å². The van der Waals surface area contributed by atoms with E-state index in [0.29, 0.717) is 24.8 Å². The molecule has 0 saturated carbocycles. The van der Waals surface area contributed by atoms with E-state index in [1.165, 1.54) is 0 Å². The number of carboxylic acid groups (broad SMARTS) is 1. The van der Waals surface area contributed by atoms with E-state index in [2.05, 4.69) is 19.2 Å². The van der Waals surface area contributed by atoms with Gasteiger partial charge in [-0.05, 0) is 37.9 Å². The maximum absolute atomic E-state index is 10.2. The molecule has 0 bridgehead atoms. The van der Waals surface area contributed by atoms with Crippen LogP contribution in [0.5, 0.6) is 0 Å². The molecule has 4 nitrogen and oxygen atoms in total. The summed E-state index contributed by atoms with van der Waals surface area (Å²) in [6, 6.07) is 0. The Labute approximate surface area is 85.9 Å². The second-order valence-corrected chi connectivity index (χ2v) is 3.94. The molecule has 0 rings (SSSR count). The van der Waals surface area contributed by atoms with Crippen molar-refractivity contribution < 1.29 is 9.90 Å². The average Bonchev–Trinajstić information content (AvgIpc) is 2.10. The fourth-order valence-corrected chi connectivity index (χ4v) is 1.24. The van der Waals surface area contributed by atoms with Crippen molar-refractivity contribution in [2.45, 2.75) is 26.7 Å². The van der Waals surface area contributed by atoms with E-state index in [-0.39, 0.29) is 6.42 Å². The zero-order valence-electron chi connectivity index (χ0n) is 9.12. The third-order valence-electron chi connectivity index (χ3n) is 2.40. The molecule has 0 aliphatic carbocycles. The van der Waals surface area contributed by atoms with Crippen LogP contribution in [0.15, 0.2) is 0 Å². The van der Waals surface area contributed by atoms with Gasteiger partial charge in [-0.15, -0.1) is 0 Å². The minimum atomic E-state index is -0.731. The molecule has 4 heteroatoms. The number of nitrogens with one attached hydrogen (secondary N) is 1. The predicted octanol–water partition coefficient (Wildman–Crippen LogP) is 0.672. The summed E-state index contributed by atoms with van der Waals surface area (Å²) in [6.45, 7) is 6.62. The first-order valence-electron chi connectivity index (χ1n) is 5.20. The zero-order chi connectivity index (χ0) is 11.0. The maximum atomic E-state index is 10.2. The van der Waals surface area contributed by atoms with Gasteiger partial charge >= 0.3 is 5.97 Å². The maximum Gasteiger partial charge on any atom is 0.303 e. The fraction of sp³-hybridized carbons (Fsp3) is 0.900. The number of hydrogen-bond donors (Lipinski definition) is 3. The van der Waals surface area contributed by atoms with Gasteiger partial charge in [-0.2, -0.15) is 0 Å². The Morgan fingerprint density at radius 2 is 2.14 bits per heavy atom. The summed E-state index contributed by atoms with van der Waals surface area (Å²) in [5.74, 6) is 0.331. The molecule has 0 spiro atoms. The normalized spacial score (nSPS) is 13.1. The number of carbonyl (C=O) groups is 1. The summed E-state index contributed by atoms with van der Waals surface area (Å²) < 4.78 is 0. The molecule has 0 radical (unpaired) electrons. The van der Waals surface area contributed by atoms with Gasteiger partial charge in [0.25, 0.3) is 0 Å². The predicted molar refractivity (Wildman–Crippen MR) is 57.1 cm³/mol. The standard InChI is InChI=1S/C10H22N2O2/c1-8(2)9(6-11)7-12-5-3-4-10(13)14/h8-9,12H,3-7,11H2,1-2H3,(H,13,14). The van der Waals surface area contributed by atoms with Gasteiger partial charge in [0.1, 0.15) is 0 Å². The largest absolute Gasteiger partial charge is 0.481 e. The van der Waals surface area contributed by atoms with Gasteiger partial charge in [-0.25, -0.2) is 0 Å². The summed E-state index contributed by atoms with van der Waals surface area (Å²) in [5.41, 5.74) is 5.60. The van der Waals surface area contributed by atoms with Crippen LogP contribution in [0.25, 0.3) is 0 Å². The number of hydrogen-bond acceptors (Lipinski definition) is 3. The third kappa shape index (κ3) is 6.86. The molecule has 1 unspecified atom stereocenters. The van der Waals surface area contributed by atoms with E-state index in [1.807, 2.05) is 0 Å². The molecule has 14 heavy (non-hydrogen) atoms. The number of carboxylic acids is 1. The zero-order valence-corrected chi connectivity index (χ0v) is 9.12. The van der Waals surface area contributed by atoms with Crippen molar-refractivity contribution in [2.75, 3.05) is 19.6 Å². The van der Waals surface area contributed by atoms with Crippen molar-refractivity contribution in [3.05, 3.63) is 0 Å². The molecule has 0 aromatic heterocycles. The number of aliphatic carboxylic acids is 1. The van der Waals surface area contributed by atoms with Crippen LogP contribution in [0, 0.1) is 11.8 Å². The molecule has 0 aliphatic heterocycles. The van der Waals surface area contributed by atoms with Crippen LogP contribution in [0.2, 0.25) is 0 Å². The fourth-order valence-electron chi connectivity index (χ4n) is 1.24. The SMILES string of the molecule is CC(C)C(CN)CNCCCC(=O)O. The Balaban J connectivity index is 3.38. The molecule has 1 atom stereocenters. The van der Waals surface area contributed by atoms with Gasteiger partial charge in [-0.1, -0.05) is 13.8 Å². The molecule has 0 saturated heterocycles. The summed E-state index contributed by atoms with van der Waals surface area (Å²) in [4.78, 5) is 10.2. The summed E-state index contributed by atoms with van der Waals surface area (Å²) >= 11 is 0. The first-order chi connectivity index (χ1) is 6.57. The van der Waals surface area contributed by atoms with Crippen LogP contribution < -0.4 is 11.1 Å². The van der Waals surface area contributed by atoms with E-state index in [9.17, 15) is 4.79 Å². The van der Waals surface area contributed by atoms with E-state index in [1.54, 1.807) is 0 Å². The topological polar surface area (TPSA) is 75.3 Å². The van der Waals surface area contributed by atoms with Crippen LogP contribution in [0.3, 0.4) is 0 Å². The highest BCUT2D eigenvalue weighted by Gasteiger charge is 2.10. The van der Waals surface area contributed by atoms with Crippen molar-refractivity contribution >= 4 is 5.97 Å². The molecule has 0 amide bonds. The summed E-state index contributed by atoms with van der Waals surface area (Å²) in [5, 5.41) is 11.6. The van der Waals surface area contributed by atoms with Crippen LogP contribution in [-0.2, 0) is 4.79 Å². The second kappa shape index (κ2) is 7.76. The Bertz CT molecular complexity index is 160. The lowest BCUT2D eigenvalue weighted by Crippen LogP contribution is -2.32. The third-order valence-corrected chi connectivity index (χ3v) is 2.40. The van der Waals surface area contributed by atoms with Gasteiger partial charge in [0, 0.05) is 6.42 Å². The lowest BCUT2D eigenvalue weighted by Gasteiger charge is -2.19. The van der Waals surface area contributed by atoms with Gasteiger partial charge in [-0.3, -0.25) is 4.79 Å². The molecule has 0 aromatic rings. The monoisotopic (exact) mass is 202 g/mol. The van der Waals surface area contributed by atoms with Gasteiger partial charge in [0.05, 0.1) is 0 Å². The van der Waals surface area contributed by atoms with E-state index in [4.69, 9.17) is 10.8 Å². The molecule has 0 fully saturated rings. The summed E-state index contributed by atoms with van der Waals surface area (Å²) in [6.07, 6.45) is 0.923. The molecule has 0 aliphatic rings. The Morgan fingerprint density at radius 1 is 1.50 bits per heavy atom. The molecule has 4 N–H and O–H groups in total. The van der Waals surface area contributed by atoms with Crippen molar-refractivity contribution in [3.63, 3.8) is 0 Å². The van der Waals surface area contributed by atoms with Crippen LogP contribution in [-0.4, -0.2) is 30.7 Å². The highest BCUT2D eigenvalue weighted by Crippen LogP contribution is 2.07. The van der Waals surface area contributed by atoms with Crippen LogP contribution >= 0.6 is 0 Å². The quantitative estimate of drug-likeness (QED) is 0.506. The lowest BCUT2D eigenvalue weighted by atomic mass is 9.96. The minimum Gasteiger partial charge on any atom is -0.481 e. The Kier molecular flexibility index (Phi) is 7.42. The van der Waals surface area contributed by atoms with Crippen molar-refractivity contribution in [2.24, 2.45) is 17.6 Å². The number of rotatable bonds is 8. The van der Waals surface area contributed by atoms with Crippen LogP contribution in [0.1, 0.15) is 26.7 Å². The van der Waals surface area contributed by atoms with E-state index < -0.39 is 5.97 Å². The van der Waals surface area contributed by atoms with Gasteiger partial charge in [0.15, 0.2) is 0 Å². The minimum absolute atomic E-state index is 0.238. The summed E-state index contributed by atoms with van der Waals surface area (Å²) in [7, 11) is 0. The first-order valence-corrected chi connectivity index (χ1v) is 5.20. The average molecular weight is 202 g/mol. The highest BCUT2D eigenvalue weighted by molar-refractivity contribution is 5.66. The Morgan fingerprint density at radius 3 is 2.57 bits per heavy atom. The molecular formula is C10H22N2O2. The second-order valence-electron chi connectivity index (χ2n) is 3.94. The first kappa shape index (κ1) is 13.4. The molecular weight excluding hydrogens is 180 g/mol. The molecule has 0 heterocycles. The lowest BCUT2D eigenvalue weighted by molar-refractivity contribution is -0.137. The van der Waals surface area contributed by atoms with Crippen molar-refractivity contribution in [1.82, 2.24) is 5.32 Å². The van der Waals surface area contributed by atoms with E-state index in [0.717, 1.165) is 13.1 Å². The van der Waals surface area contributed by atoms with E-state index >= 15 is 0 Å². The Hall–Kier alpha value is -0.610. The highest BCUT2D eigenvalue weighted by atomic mass is 16.4. The number of nitrogens with two attached hydrogens (primary N) is 1. The smallest absolute Gasteiger partial charge is 0.303 e. The molecule has 0 aromatic carbocycles. The van der Waals surface area contributed by atoms with Gasteiger partial charge in [0.2, 0.25) is 0 Å². The van der Waals surface area contributed by atoms with Crippen molar-refractivity contribution in [1.29, 1.82) is 0 Å².